The topological polar surface area (TPSA) is 85.9 Å². The third-order valence-electron chi connectivity index (χ3n) is 2.50. The van der Waals surface area contributed by atoms with Gasteiger partial charge in [-0.2, -0.15) is 0 Å². The van der Waals surface area contributed by atoms with E-state index in [-0.39, 0.29) is 42.2 Å². The number of nitrogens with one attached hydrogen (secondary N) is 1. The fourth-order valence-corrected chi connectivity index (χ4v) is 1.44. The number of alkyl halides is 3. The lowest BCUT2D eigenvalue weighted by Crippen LogP contribution is -2.25. The molecule has 0 aliphatic rings. The second kappa shape index (κ2) is 9.43. The summed E-state index contributed by atoms with van der Waals surface area (Å²) < 4.78 is 44.3. The summed E-state index contributed by atoms with van der Waals surface area (Å²) in [4.78, 5) is 15.1. The zero-order valence-electron chi connectivity index (χ0n) is 12.4. The molecule has 1 rings (SSSR count). The van der Waals surface area contributed by atoms with Gasteiger partial charge in [0.1, 0.15) is 5.75 Å². The number of nitrogens with zero attached hydrogens (tertiary/aromatic N) is 1. The van der Waals surface area contributed by atoms with E-state index in [0.717, 1.165) is 12.1 Å². The maximum absolute atomic E-state index is 12.0. The van der Waals surface area contributed by atoms with Crippen LogP contribution in [-0.2, 0) is 9.53 Å². The minimum Gasteiger partial charge on any atom is -0.469 e. The van der Waals surface area contributed by atoms with Crippen molar-refractivity contribution < 1.29 is 27.4 Å². The van der Waals surface area contributed by atoms with Crippen molar-refractivity contribution in [2.75, 3.05) is 19.0 Å². The first-order valence-corrected chi connectivity index (χ1v) is 6.22. The van der Waals surface area contributed by atoms with Gasteiger partial charge in [0.15, 0.2) is 5.96 Å². The molecule has 1 aromatic rings. The highest BCUT2D eigenvalue weighted by Crippen LogP contribution is 2.23. The van der Waals surface area contributed by atoms with Crippen LogP contribution in [0.5, 0.6) is 5.75 Å². The van der Waals surface area contributed by atoms with Crippen LogP contribution in [0.1, 0.15) is 6.92 Å². The fourth-order valence-electron chi connectivity index (χ4n) is 1.44. The number of nitrogens with two attached hydrogens (primary N) is 1. The zero-order valence-corrected chi connectivity index (χ0v) is 14.7. The van der Waals surface area contributed by atoms with Gasteiger partial charge in [0.05, 0.1) is 19.6 Å². The third kappa shape index (κ3) is 8.47. The zero-order chi connectivity index (χ0) is 16.8. The number of carbonyl (C=O) groups excluding carboxylic acids is 1. The number of rotatable bonds is 5. The lowest BCUT2D eigenvalue weighted by Gasteiger charge is -2.10. The molecule has 0 saturated heterocycles. The molecule has 1 unspecified atom stereocenters. The lowest BCUT2D eigenvalue weighted by atomic mass is 10.2. The van der Waals surface area contributed by atoms with E-state index in [4.69, 9.17) is 5.73 Å². The van der Waals surface area contributed by atoms with Gasteiger partial charge < -0.3 is 20.5 Å². The Morgan fingerprint density at radius 3 is 2.39 bits per heavy atom. The Morgan fingerprint density at radius 1 is 1.35 bits per heavy atom. The van der Waals surface area contributed by atoms with Crippen LogP contribution in [0, 0.1) is 5.92 Å². The Hall–Kier alpha value is -1.72. The van der Waals surface area contributed by atoms with Crippen molar-refractivity contribution in [2.45, 2.75) is 13.3 Å². The second-order valence-corrected chi connectivity index (χ2v) is 4.35. The Kier molecular flexibility index (Phi) is 8.72. The summed E-state index contributed by atoms with van der Waals surface area (Å²) in [6, 6.07) is 4.99. The van der Waals surface area contributed by atoms with Gasteiger partial charge in [0.2, 0.25) is 0 Å². The molecule has 0 fully saturated rings. The van der Waals surface area contributed by atoms with Gasteiger partial charge in [-0.05, 0) is 24.3 Å². The van der Waals surface area contributed by atoms with Crippen LogP contribution in [0.15, 0.2) is 29.3 Å². The molecule has 10 heteroatoms. The number of guanidine groups is 1. The smallest absolute Gasteiger partial charge is 0.469 e. The largest absolute Gasteiger partial charge is 0.573 e. The predicted molar refractivity (Wildman–Crippen MR) is 89.8 cm³/mol. The summed E-state index contributed by atoms with van der Waals surface area (Å²) >= 11 is 0. The maximum Gasteiger partial charge on any atom is 0.573 e. The van der Waals surface area contributed by atoms with Crippen molar-refractivity contribution in [3.63, 3.8) is 0 Å². The quantitative estimate of drug-likeness (QED) is 0.314. The van der Waals surface area contributed by atoms with Gasteiger partial charge in [-0.25, -0.2) is 0 Å². The van der Waals surface area contributed by atoms with Crippen LogP contribution < -0.4 is 15.8 Å². The van der Waals surface area contributed by atoms with E-state index in [2.05, 4.69) is 19.8 Å². The lowest BCUT2D eigenvalue weighted by molar-refractivity contribution is -0.274. The first-order chi connectivity index (χ1) is 10.2. The van der Waals surface area contributed by atoms with Crippen molar-refractivity contribution in [1.29, 1.82) is 0 Å². The number of methoxy groups -OCH3 is 1. The number of esters is 1. The molecular formula is C13H17F3IN3O3. The van der Waals surface area contributed by atoms with E-state index in [0.29, 0.717) is 5.69 Å². The van der Waals surface area contributed by atoms with E-state index in [9.17, 15) is 18.0 Å². The van der Waals surface area contributed by atoms with Crippen LogP contribution >= 0.6 is 24.0 Å². The van der Waals surface area contributed by atoms with Crippen molar-refractivity contribution in [3.05, 3.63) is 24.3 Å². The Bertz CT molecular complexity index is 536. The average Bonchev–Trinajstić information content (AvgIpc) is 2.44. The SMILES string of the molecule is COC(=O)C(C)CN=C(N)Nc1ccc(OC(F)(F)F)cc1.I. The number of hydrogen-bond acceptors (Lipinski definition) is 4. The van der Waals surface area contributed by atoms with Crippen LogP contribution in [0.25, 0.3) is 0 Å². The molecule has 1 atom stereocenters. The number of halogens is 4. The monoisotopic (exact) mass is 447 g/mol. The number of hydrogen-bond donors (Lipinski definition) is 2. The van der Waals surface area contributed by atoms with Gasteiger partial charge in [-0.3, -0.25) is 9.79 Å². The molecule has 130 valence electrons. The van der Waals surface area contributed by atoms with Gasteiger partial charge in [0, 0.05) is 5.69 Å². The molecule has 0 aliphatic heterocycles. The van der Waals surface area contributed by atoms with Crippen LogP contribution in [0.2, 0.25) is 0 Å². The van der Waals surface area contributed by atoms with E-state index < -0.39 is 18.2 Å². The summed E-state index contributed by atoms with van der Waals surface area (Å²) in [6.07, 6.45) is -4.74. The van der Waals surface area contributed by atoms with Crippen LogP contribution in [0.4, 0.5) is 18.9 Å². The molecule has 0 saturated carbocycles. The molecule has 0 radical (unpaired) electrons. The summed E-state index contributed by atoms with van der Waals surface area (Å²) in [6.45, 7) is 1.76. The molecule has 0 aliphatic carbocycles. The highest BCUT2D eigenvalue weighted by molar-refractivity contribution is 14.0. The highest BCUT2D eigenvalue weighted by atomic mass is 127. The summed E-state index contributed by atoms with van der Waals surface area (Å²) in [5.41, 5.74) is 6.04. The molecule has 6 nitrogen and oxygen atoms in total. The fraction of sp³-hybridized carbons (Fsp3) is 0.385. The van der Waals surface area contributed by atoms with Crippen molar-refractivity contribution in [2.24, 2.45) is 16.6 Å². The summed E-state index contributed by atoms with van der Waals surface area (Å²) in [5.74, 6) is -1.17. The first kappa shape index (κ1) is 21.3. The maximum atomic E-state index is 12.0. The van der Waals surface area contributed by atoms with Crippen molar-refractivity contribution in [3.8, 4) is 5.75 Å². The molecule has 0 amide bonds. The summed E-state index contributed by atoms with van der Waals surface area (Å²) in [5, 5.41) is 2.68. The number of anilines is 1. The molecule has 0 spiro atoms. The van der Waals surface area contributed by atoms with Crippen molar-refractivity contribution in [1.82, 2.24) is 0 Å². The number of ether oxygens (including phenoxy) is 2. The minimum absolute atomic E-state index is 0. The van der Waals surface area contributed by atoms with Gasteiger partial charge in [-0.15, -0.1) is 37.1 Å². The third-order valence-corrected chi connectivity index (χ3v) is 2.50. The van der Waals surface area contributed by atoms with Gasteiger partial charge >= 0.3 is 12.3 Å². The predicted octanol–water partition coefficient (Wildman–Crippen LogP) is 2.74. The normalized spacial score (nSPS) is 12.8. The highest BCUT2D eigenvalue weighted by Gasteiger charge is 2.30. The molecule has 0 bridgehead atoms. The molecule has 0 aromatic heterocycles. The van der Waals surface area contributed by atoms with E-state index >= 15 is 0 Å². The average molecular weight is 447 g/mol. The van der Waals surface area contributed by atoms with Crippen molar-refractivity contribution >= 4 is 41.6 Å². The number of benzene rings is 1. The molecule has 0 heterocycles. The summed E-state index contributed by atoms with van der Waals surface area (Å²) in [7, 11) is 1.27. The molecule has 23 heavy (non-hydrogen) atoms. The first-order valence-electron chi connectivity index (χ1n) is 6.22. The van der Waals surface area contributed by atoms with Crippen LogP contribution in [-0.4, -0.2) is 31.9 Å². The van der Waals surface area contributed by atoms with E-state index in [1.54, 1.807) is 6.92 Å². The Morgan fingerprint density at radius 2 is 1.91 bits per heavy atom. The molecule has 3 N–H and O–H groups in total. The van der Waals surface area contributed by atoms with E-state index in [1.807, 2.05) is 0 Å². The number of carbonyl (C=O) groups is 1. The molecular weight excluding hydrogens is 430 g/mol. The number of aliphatic imine (C=N–C) groups is 1. The molecule has 1 aromatic carbocycles. The van der Waals surface area contributed by atoms with Crippen LogP contribution in [0.3, 0.4) is 0 Å². The minimum atomic E-state index is -4.74. The van der Waals surface area contributed by atoms with E-state index in [1.165, 1.54) is 19.2 Å². The Labute approximate surface area is 148 Å². The second-order valence-electron chi connectivity index (χ2n) is 4.35. The van der Waals surface area contributed by atoms with Gasteiger partial charge in [-0.1, -0.05) is 6.92 Å². The Balaban J connectivity index is 0.00000484. The standard InChI is InChI=1S/C13H16F3N3O3.HI/c1-8(11(20)21-2)7-18-12(17)19-9-3-5-10(6-4-9)22-13(14,15)16;/h3-6,8H,7H2,1-2H3,(H3,17,18,19);1H. The van der Waals surface area contributed by atoms with Gasteiger partial charge in [0.25, 0.3) is 0 Å².